The molecule has 0 aliphatic heterocycles. The summed E-state index contributed by atoms with van der Waals surface area (Å²) in [5.74, 6) is 0.950. The molecule has 124 valence electrons. The van der Waals surface area contributed by atoms with Crippen molar-refractivity contribution in [2.24, 2.45) is 10.7 Å². The molecule has 0 saturated carbocycles. The zero-order chi connectivity index (χ0) is 17.4. The predicted molar refractivity (Wildman–Crippen MR) is 95.9 cm³/mol. The molecule has 0 fully saturated rings. The molecule has 7 heteroatoms. The van der Waals surface area contributed by atoms with Crippen molar-refractivity contribution in [2.45, 2.75) is 6.54 Å². The third-order valence-corrected chi connectivity index (χ3v) is 3.33. The summed E-state index contributed by atoms with van der Waals surface area (Å²) in [5, 5.41) is 6.02. The number of rotatable bonds is 6. The summed E-state index contributed by atoms with van der Waals surface area (Å²) >= 11 is 0. The molecule has 0 spiro atoms. The van der Waals surface area contributed by atoms with Crippen molar-refractivity contribution in [3.8, 4) is 11.3 Å². The van der Waals surface area contributed by atoms with Gasteiger partial charge in [-0.15, -0.1) is 0 Å². The molecule has 4 N–H and O–H groups in total. The van der Waals surface area contributed by atoms with Gasteiger partial charge in [-0.3, -0.25) is 9.79 Å². The minimum atomic E-state index is 0.401. The predicted octanol–water partition coefficient (Wildman–Crippen LogP) is 1.59. The molecule has 0 saturated heterocycles. The fourth-order valence-electron chi connectivity index (χ4n) is 2.17. The van der Waals surface area contributed by atoms with Crippen LogP contribution in [0, 0.1) is 0 Å². The number of aromatic nitrogens is 2. The maximum atomic E-state index is 11.3. The zero-order valence-electron chi connectivity index (χ0n) is 13.7. The lowest BCUT2D eigenvalue weighted by atomic mass is 10.0. The Bertz CT molecular complexity index is 769. The smallest absolute Gasteiger partial charge is 0.228 e. The van der Waals surface area contributed by atoms with E-state index in [-0.39, 0.29) is 0 Å². The Morgan fingerprint density at radius 2 is 2.21 bits per heavy atom. The van der Waals surface area contributed by atoms with E-state index in [2.05, 4.69) is 25.6 Å². The number of amidine groups is 1. The van der Waals surface area contributed by atoms with Crippen molar-refractivity contribution in [1.29, 1.82) is 0 Å². The Morgan fingerprint density at radius 1 is 1.38 bits per heavy atom. The highest BCUT2D eigenvalue weighted by molar-refractivity contribution is 6.02. The number of aldehydes is 1. The number of aliphatic imine (C=N–C) groups is 1. The van der Waals surface area contributed by atoms with Gasteiger partial charge in [0, 0.05) is 30.9 Å². The minimum absolute atomic E-state index is 0.401. The second kappa shape index (κ2) is 8.54. The van der Waals surface area contributed by atoms with Crippen LogP contribution in [0.15, 0.2) is 47.7 Å². The number of hydrogen-bond acceptors (Lipinski definition) is 6. The van der Waals surface area contributed by atoms with Crippen LogP contribution in [0.1, 0.15) is 15.9 Å². The summed E-state index contributed by atoms with van der Waals surface area (Å²) in [6, 6.07) is 7.45. The number of nitrogens with zero attached hydrogens (tertiary/aromatic N) is 3. The molecular formula is C17H20N6O. The van der Waals surface area contributed by atoms with Gasteiger partial charge in [0.2, 0.25) is 5.95 Å². The molecule has 1 aromatic carbocycles. The van der Waals surface area contributed by atoms with Gasteiger partial charge in [0.15, 0.2) is 0 Å². The topological polar surface area (TPSA) is 105 Å². The highest BCUT2D eigenvalue weighted by Crippen LogP contribution is 2.21. The van der Waals surface area contributed by atoms with E-state index in [9.17, 15) is 4.79 Å². The van der Waals surface area contributed by atoms with E-state index in [1.807, 2.05) is 25.2 Å². The Labute approximate surface area is 140 Å². The van der Waals surface area contributed by atoms with E-state index in [0.29, 0.717) is 29.6 Å². The number of carbonyl (C=O) groups excluding carboxylic acids is 1. The van der Waals surface area contributed by atoms with Gasteiger partial charge < -0.3 is 16.4 Å². The molecule has 0 bridgehead atoms. The first-order valence-corrected chi connectivity index (χ1v) is 7.40. The van der Waals surface area contributed by atoms with Crippen molar-refractivity contribution in [1.82, 2.24) is 15.3 Å². The number of nitrogens with one attached hydrogen (secondary N) is 2. The third-order valence-electron chi connectivity index (χ3n) is 3.33. The summed E-state index contributed by atoms with van der Waals surface area (Å²) in [6.07, 6.45) is 5.50. The van der Waals surface area contributed by atoms with Gasteiger partial charge in [-0.2, -0.15) is 0 Å². The summed E-state index contributed by atoms with van der Waals surface area (Å²) in [7, 11) is 3.48. The lowest BCUT2D eigenvalue weighted by Gasteiger charge is -2.09. The van der Waals surface area contributed by atoms with Crippen molar-refractivity contribution >= 4 is 18.1 Å². The van der Waals surface area contributed by atoms with Crippen LogP contribution in [0.2, 0.25) is 0 Å². The first-order chi connectivity index (χ1) is 11.7. The molecule has 2 rings (SSSR count). The quantitative estimate of drug-likeness (QED) is 0.423. The van der Waals surface area contributed by atoms with Crippen molar-refractivity contribution in [3.63, 3.8) is 0 Å². The van der Waals surface area contributed by atoms with Crippen LogP contribution in [0.3, 0.4) is 0 Å². The first kappa shape index (κ1) is 17.3. The van der Waals surface area contributed by atoms with Crippen molar-refractivity contribution < 1.29 is 4.79 Å². The molecular weight excluding hydrogens is 304 g/mol. The minimum Gasteiger partial charge on any atom is -0.404 e. The number of anilines is 1. The van der Waals surface area contributed by atoms with Crippen LogP contribution < -0.4 is 16.4 Å². The molecule has 0 aliphatic carbocycles. The maximum absolute atomic E-state index is 11.3. The third kappa shape index (κ3) is 4.23. The van der Waals surface area contributed by atoms with E-state index < -0.39 is 0 Å². The number of nitrogens with two attached hydrogens (primary N) is 1. The van der Waals surface area contributed by atoms with Gasteiger partial charge in [0.05, 0.1) is 5.69 Å². The average molecular weight is 324 g/mol. The highest BCUT2D eigenvalue weighted by atomic mass is 16.1. The normalized spacial score (nSPS) is 11.7. The largest absolute Gasteiger partial charge is 0.404 e. The van der Waals surface area contributed by atoms with E-state index in [1.165, 1.54) is 6.20 Å². The van der Waals surface area contributed by atoms with E-state index in [4.69, 9.17) is 5.73 Å². The Hall–Kier alpha value is -3.06. The van der Waals surface area contributed by atoms with Crippen LogP contribution in [-0.2, 0) is 6.54 Å². The van der Waals surface area contributed by atoms with Gasteiger partial charge >= 0.3 is 0 Å². The molecule has 7 nitrogen and oxygen atoms in total. The van der Waals surface area contributed by atoms with E-state index in [1.54, 1.807) is 25.4 Å². The van der Waals surface area contributed by atoms with Crippen LogP contribution in [0.5, 0.6) is 0 Å². The molecule has 1 aromatic heterocycles. The van der Waals surface area contributed by atoms with E-state index >= 15 is 0 Å². The Balaban J connectivity index is 2.33. The summed E-state index contributed by atoms with van der Waals surface area (Å²) in [5.41, 5.74) is 8.49. The van der Waals surface area contributed by atoms with Crippen LogP contribution >= 0.6 is 0 Å². The standard InChI is InChI=1S/C17H20N6O/c1-19-10-13-4-3-12(9-14(13)11-24)15-6-8-21-17(22-15)23-16(20-2)5-7-18/h3-9,11,19H,10,18H2,1-2H3,(H,20,21,22,23). The number of carbonyl (C=O) groups is 1. The van der Waals surface area contributed by atoms with Crippen LogP contribution in [-0.4, -0.2) is 36.2 Å². The number of benzene rings is 1. The fraction of sp³-hybridized carbons (Fsp3) is 0.176. The Morgan fingerprint density at radius 3 is 2.88 bits per heavy atom. The molecule has 1 heterocycles. The monoisotopic (exact) mass is 324 g/mol. The SMILES string of the molecule is CN=C(C=CN)Nc1nccc(-c2ccc(CNC)c(C=O)c2)n1. The van der Waals surface area contributed by atoms with Crippen LogP contribution in [0.4, 0.5) is 5.95 Å². The fourth-order valence-corrected chi connectivity index (χ4v) is 2.17. The molecule has 24 heavy (non-hydrogen) atoms. The summed E-state index contributed by atoms with van der Waals surface area (Å²) < 4.78 is 0. The first-order valence-electron chi connectivity index (χ1n) is 7.40. The zero-order valence-corrected chi connectivity index (χ0v) is 13.7. The molecule has 0 radical (unpaired) electrons. The molecule has 0 unspecified atom stereocenters. The molecule has 0 atom stereocenters. The van der Waals surface area contributed by atoms with E-state index in [0.717, 1.165) is 17.4 Å². The van der Waals surface area contributed by atoms with Gasteiger partial charge in [0.25, 0.3) is 0 Å². The van der Waals surface area contributed by atoms with Gasteiger partial charge in [-0.25, -0.2) is 9.97 Å². The van der Waals surface area contributed by atoms with Crippen molar-refractivity contribution in [2.75, 3.05) is 19.4 Å². The van der Waals surface area contributed by atoms with Crippen LogP contribution in [0.25, 0.3) is 11.3 Å². The number of hydrogen-bond donors (Lipinski definition) is 3. The average Bonchev–Trinajstić information content (AvgIpc) is 2.62. The van der Waals surface area contributed by atoms with Gasteiger partial charge in [-0.05, 0) is 37.0 Å². The van der Waals surface area contributed by atoms with Gasteiger partial charge in [0.1, 0.15) is 12.1 Å². The summed E-state index contributed by atoms with van der Waals surface area (Å²) in [6.45, 7) is 0.632. The second-order valence-corrected chi connectivity index (χ2v) is 4.92. The lowest BCUT2D eigenvalue weighted by molar-refractivity contribution is 0.112. The molecule has 2 aromatic rings. The lowest BCUT2D eigenvalue weighted by Crippen LogP contribution is -2.12. The Kier molecular flexibility index (Phi) is 6.16. The molecule has 0 aliphatic rings. The second-order valence-electron chi connectivity index (χ2n) is 4.92. The summed E-state index contributed by atoms with van der Waals surface area (Å²) in [4.78, 5) is 24.0. The highest BCUT2D eigenvalue weighted by Gasteiger charge is 2.07. The molecule has 0 amide bonds. The van der Waals surface area contributed by atoms with Gasteiger partial charge in [-0.1, -0.05) is 12.1 Å². The maximum Gasteiger partial charge on any atom is 0.228 e. The van der Waals surface area contributed by atoms with Crippen molar-refractivity contribution in [3.05, 3.63) is 53.9 Å².